The Morgan fingerprint density at radius 1 is 1.42 bits per heavy atom. The maximum Gasteiger partial charge on any atom is 0.117 e. The second-order valence-corrected chi connectivity index (χ2v) is 6.58. The lowest BCUT2D eigenvalue weighted by Gasteiger charge is -2.33. The van der Waals surface area contributed by atoms with Gasteiger partial charge in [0.25, 0.3) is 0 Å². The molecule has 1 aromatic rings. The first-order valence-corrected chi connectivity index (χ1v) is 7.15. The molecule has 2 heterocycles. The van der Waals surface area contributed by atoms with Crippen molar-refractivity contribution in [3.8, 4) is 0 Å². The van der Waals surface area contributed by atoms with Crippen LogP contribution < -0.4 is 5.73 Å². The molecule has 1 saturated heterocycles. The second kappa shape index (κ2) is 6.07. The van der Waals surface area contributed by atoms with E-state index in [9.17, 15) is 0 Å². The predicted octanol–water partition coefficient (Wildman–Crippen LogP) is 1.77. The summed E-state index contributed by atoms with van der Waals surface area (Å²) in [4.78, 5) is 4.97. The molecule has 108 valence electrons. The summed E-state index contributed by atoms with van der Waals surface area (Å²) >= 11 is 0. The minimum Gasteiger partial charge on any atom is -0.468 e. The molecule has 0 saturated carbocycles. The third-order valence-electron chi connectivity index (χ3n) is 3.81. The Kier molecular flexibility index (Phi) is 4.66. The van der Waals surface area contributed by atoms with Gasteiger partial charge in [-0.25, -0.2) is 0 Å². The highest BCUT2D eigenvalue weighted by Crippen LogP contribution is 2.26. The molecule has 1 atom stereocenters. The Morgan fingerprint density at radius 2 is 2.21 bits per heavy atom. The van der Waals surface area contributed by atoms with Crippen molar-refractivity contribution in [2.45, 2.75) is 32.9 Å². The molecule has 0 bridgehead atoms. The molecule has 0 radical (unpaired) electrons. The zero-order valence-corrected chi connectivity index (χ0v) is 12.4. The molecule has 2 N–H and O–H groups in total. The third-order valence-corrected chi connectivity index (χ3v) is 3.81. The van der Waals surface area contributed by atoms with Gasteiger partial charge in [-0.15, -0.1) is 0 Å². The van der Waals surface area contributed by atoms with Gasteiger partial charge in [-0.3, -0.25) is 4.90 Å². The summed E-state index contributed by atoms with van der Waals surface area (Å²) in [6.07, 6.45) is 2.80. The number of hydrogen-bond acceptors (Lipinski definition) is 4. The van der Waals surface area contributed by atoms with Crippen molar-refractivity contribution in [1.82, 2.24) is 9.80 Å². The normalized spacial score (nSPS) is 25.4. The van der Waals surface area contributed by atoms with Crippen LogP contribution in [0.15, 0.2) is 22.8 Å². The number of rotatable bonds is 4. The van der Waals surface area contributed by atoms with Crippen molar-refractivity contribution in [3.05, 3.63) is 24.2 Å². The number of nitrogens with zero attached hydrogens (tertiary/aromatic N) is 2. The fourth-order valence-corrected chi connectivity index (χ4v) is 3.25. The van der Waals surface area contributed by atoms with Gasteiger partial charge in [0, 0.05) is 25.7 Å². The van der Waals surface area contributed by atoms with E-state index in [2.05, 4.69) is 36.8 Å². The van der Waals surface area contributed by atoms with E-state index in [4.69, 9.17) is 10.2 Å². The van der Waals surface area contributed by atoms with Gasteiger partial charge >= 0.3 is 0 Å². The largest absolute Gasteiger partial charge is 0.468 e. The maximum absolute atomic E-state index is 5.79. The molecule has 1 fully saturated rings. The Bertz CT molecular complexity index is 375. The Morgan fingerprint density at radius 3 is 2.84 bits per heavy atom. The lowest BCUT2D eigenvalue weighted by molar-refractivity contribution is 0.134. The summed E-state index contributed by atoms with van der Waals surface area (Å²) < 4.78 is 5.51. The van der Waals surface area contributed by atoms with Gasteiger partial charge in [-0.05, 0) is 37.6 Å². The number of nitrogens with two attached hydrogens (primary N) is 1. The van der Waals surface area contributed by atoms with Crippen LogP contribution in [-0.4, -0.2) is 49.1 Å². The van der Waals surface area contributed by atoms with Gasteiger partial charge < -0.3 is 15.1 Å². The van der Waals surface area contributed by atoms with Crippen LogP contribution in [0.1, 0.15) is 26.0 Å². The zero-order valence-electron chi connectivity index (χ0n) is 12.4. The van der Waals surface area contributed by atoms with Crippen LogP contribution in [0.2, 0.25) is 0 Å². The number of hydrogen-bond donors (Lipinski definition) is 1. The van der Waals surface area contributed by atoms with E-state index >= 15 is 0 Å². The minimum atomic E-state index is 0.296. The maximum atomic E-state index is 5.79. The van der Waals surface area contributed by atoms with E-state index < -0.39 is 0 Å². The standard InChI is InChI=1S/C15H27N3O/c1-15(2)11-17(3)9-13(6-7-16)18(12-15)10-14-5-4-8-19-14/h4-5,8,13H,6-7,9-12,16H2,1-3H3. The van der Waals surface area contributed by atoms with E-state index in [1.165, 1.54) is 0 Å². The Hall–Kier alpha value is -0.840. The smallest absolute Gasteiger partial charge is 0.117 e. The van der Waals surface area contributed by atoms with Gasteiger partial charge in [-0.2, -0.15) is 0 Å². The van der Waals surface area contributed by atoms with Crippen LogP contribution in [0, 0.1) is 5.41 Å². The molecule has 1 aliphatic rings. The zero-order chi connectivity index (χ0) is 13.9. The SMILES string of the molecule is CN1CC(CCN)N(Cc2ccco2)CC(C)(C)C1. The van der Waals surface area contributed by atoms with Gasteiger partial charge in [0.05, 0.1) is 12.8 Å². The van der Waals surface area contributed by atoms with Gasteiger partial charge in [0.1, 0.15) is 5.76 Å². The highest BCUT2D eigenvalue weighted by atomic mass is 16.3. The molecule has 1 unspecified atom stereocenters. The average Bonchev–Trinajstić information content (AvgIpc) is 2.75. The Labute approximate surface area is 116 Å². The summed E-state index contributed by atoms with van der Waals surface area (Å²) in [5, 5.41) is 0. The van der Waals surface area contributed by atoms with E-state index in [0.717, 1.165) is 44.9 Å². The minimum absolute atomic E-state index is 0.296. The molecule has 2 rings (SSSR count). The summed E-state index contributed by atoms with van der Waals surface area (Å²) in [6, 6.07) is 4.53. The predicted molar refractivity (Wildman–Crippen MR) is 77.9 cm³/mol. The van der Waals surface area contributed by atoms with E-state index in [-0.39, 0.29) is 0 Å². The molecule has 19 heavy (non-hydrogen) atoms. The fraction of sp³-hybridized carbons (Fsp3) is 0.733. The molecule has 0 aromatic carbocycles. The summed E-state index contributed by atoms with van der Waals surface area (Å²) in [5.74, 6) is 1.04. The highest BCUT2D eigenvalue weighted by Gasteiger charge is 2.32. The fourth-order valence-electron chi connectivity index (χ4n) is 3.25. The summed E-state index contributed by atoms with van der Waals surface area (Å²) in [5.41, 5.74) is 6.09. The quantitative estimate of drug-likeness (QED) is 0.901. The first-order chi connectivity index (χ1) is 9.00. The van der Waals surface area contributed by atoms with Crippen molar-refractivity contribution < 1.29 is 4.42 Å². The molecular formula is C15H27N3O. The highest BCUT2D eigenvalue weighted by molar-refractivity contribution is 5.00. The van der Waals surface area contributed by atoms with Crippen molar-refractivity contribution in [3.63, 3.8) is 0 Å². The molecule has 4 nitrogen and oxygen atoms in total. The van der Waals surface area contributed by atoms with Gasteiger partial charge in [0.2, 0.25) is 0 Å². The van der Waals surface area contributed by atoms with Crippen LogP contribution in [-0.2, 0) is 6.54 Å². The van der Waals surface area contributed by atoms with Crippen molar-refractivity contribution in [2.24, 2.45) is 11.1 Å². The second-order valence-electron chi connectivity index (χ2n) is 6.58. The topological polar surface area (TPSA) is 45.6 Å². The first-order valence-electron chi connectivity index (χ1n) is 7.15. The number of furan rings is 1. The molecule has 0 spiro atoms. The van der Waals surface area contributed by atoms with Crippen LogP contribution in [0.3, 0.4) is 0 Å². The van der Waals surface area contributed by atoms with E-state index in [0.29, 0.717) is 11.5 Å². The van der Waals surface area contributed by atoms with Crippen molar-refractivity contribution >= 4 is 0 Å². The van der Waals surface area contributed by atoms with Crippen LogP contribution in [0.5, 0.6) is 0 Å². The molecule has 1 aromatic heterocycles. The van der Waals surface area contributed by atoms with Gasteiger partial charge in [-0.1, -0.05) is 13.8 Å². The Balaban J connectivity index is 2.13. The third kappa shape index (κ3) is 4.06. The van der Waals surface area contributed by atoms with Gasteiger partial charge in [0.15, 0.2) is 0 Å². The molecular weight excluding hydrogens is 238 g/mol. The molecule has 0 amide bonds. The summed E-state index contributed by atoms with van der Waals surface area (Å²) in [7, 11) is 2.21. The lowest BCUT2D eigenvalue weighted by Crippen LogP contribution is -2.42. The first kappa shape index (κ1) is 14.6. The molecule has 0 aliphatic carbocycles. The monoisotopic (exact) mass is 265 g/mol. The van der Waals surface area contributed by atoms with E-state index in [1.54, 1.807) is 6.26 Å². The molecule has 4 heteroatoms. The lowest BCUT2D eigenvalue weighted by atomic mass is 9.92. The van der Waals surface area contributed by atoms with E-state index in [1.807, 2.05) is 6.07 Å². The van der Waals surface area contributed by atoms with Crippen molar-refractivity contribution in [2.75, 3.05) is 33.2 Å². The van der Waals surface area contributed by atoms with Crippen molar-refractivity contribution in [1.29, 1.82) is 0 Å². The molecule has 1 aliphatic heterocycles. The summed E-state index contributed by atoms with van der Waals surface area (Å²) in [6.45, 7) is 9.60. The van der Waals surface area contributed by atoms with Crippen LogP contribution >= 0.6 is 0 Å². The van der Waals surface area contributed by atoms with Crippen LogP contribution in [0.4, 0.5) is 0 Å². The number of likely N-dealkylation sites (N-methyl/N-ethyl adjacent to an activating group) is 1. The average molecular weight is 265 g/mol. The van der Waals surface area contributed by atoms with Crippen LogP contribution in [0.25, 0.3) is 0 Å².